The third kappa shape index (κ3) is 4.93. The van der Waals surface area contributed by atoms with Gasteiger partial charge in [0.15, 0.2) is 0 Å². The Bertz CT molecular complexity index is 635. The summed E-state index contributed by atoms with van der Waals surface area (Å²) in [5, 5.41) is 8.98. The number of ether oxygens (including phenoxy) is 1. The van der Waals surface area contributed by atoms with Gasteiger partial charge in [0, 0.05) is 17.6 Å². The lowest BCUT2D eigenvalue weighted by molar-refractivity contribution is 0.0696. The molecule has 0 heterocycles. The summed E-state index contributed by atoms with van der Waals surface area (Å²) in [5.41, 5.74) is -0.288. The van der Waals surface area contributed by atoms with Crippen LogP contribution in [0, 0.1) is 0 Å². The number of carboxylic acid groups (broad SMARTS) is 1. The van der Waals surface area contributed by atoms with Gasteiger partial charge in [0.05, 0.1) is 21.6 Å². The highest BCUT2D eigenvalue weighted by atomic mass is 79.9. The van der Waals surface area contributed by atoms with Crippen molar-refractivity contribution in [1.29, 1.82) is 0 Å². The number of rotatable bonds is 7. The number of nitrogens with one attached hydrogen (secondary N) is 1. The van der Waals surface area contributed by atoms with Crippen LogP contribution in [-0.4, -0.2) is 38.7 Å². The van der Waals surface area contributed by atoms with Crippen LogP contribution >= 0.6 is 27.5 Å². The van der Waals surface area contributed by atoms with Crippen molar-refractivity contribution < 1.29 is 23.1 Å². The van der Waals surface area contributed by atoms with E-state index in [-0.39, 0.29) is 32.6 Å². The molecule has 1 aromatic carbocycles. The topological polar surface area (TPSA) is 92.7 Å². The number of hydrogen-bond acceptors (Lipinski definition) is 4. The van der Waals surface area contributed by atoms with Crippen molar-refractivity contribution in [2.75, 3.05) is 13.2 Å². The third-order valence-corrected chi connectivity index (χ3v) is 5.22. The van der Waals surface area contributed by atoms with Crippen LogP contribution in [0.4, 0.5) is 0 Å². The van der Waals surface area contributed by atoms with Crippen LogP contribution in [0.5, 0.6) is 0 Å². The van der Waals surface area contributed by atoms with Crippen molar-refractivity contribution in [1.82, 2.24) is 4.72 Å². The van der Waals surface area contributed by atoms with Crippen molar-refractivity contribution in [3.8, 4) is 0 Å². The van der Waals surface area contributed by atoms with Gasteiger partial charge in [-0.3, -0.25) is 0 Å². The SMILES string of the molecule is CCOC(C)CNS(=O)(=O)c1cc(Br)c(Cl)c(C(=O)O)c1. The summed E-state index contributed by atoms with van der Waals surface area (Å²) in [6.45, 7) is 4.09. The first-order valence-electron chi connectivity index (χ1n) is 6.02. The molecule has 1 unspecified atom stereocenters. The first-order chi connectivity index (χ1) is 9.69. The quantitative estimate of drug-likeness (QED) is 0.733. The van der Waals surface area contributed by atoms with Crippen LogP contribution in [0.15, 0.2) is 21.5 Å². The molecule has 0 aliphatic carbocycles. The van der Waals surface area contributed by atoms with E-state index in [1.165, 1.54) is 6.07 Å². The molecule has 0 aromatic heterocycles. The van der Waals surface area contributed by atoms with Crippen LogP contribution in [0.3, 0.4) is 0 Å². The van der Waals surface area contributed by atoms with Gasteiger partial charge in [-0.2, -0.15) is 0 Å². The van der Waals surface area contributed by atoms with Gasteiger partial charge in [0.1, 0.15) is 0 Å². The molecular weight excluding hydrogens is 386 g/mol. The Balaban J connectivity index is 3.06. The molecule has 0 fully saturated rings. The summed E-state index contributed by atoms with van der Waals surface area (Å²) in [6.07, 6.45) is -0.292. The lowest BCUT2D eigenvalue weighted by Crippen LogP contribution is -2.32. The van der Waals surface area contributed by atoms with Crippen molar-refractivity contribution in [3.63, 3.8) is 0 Å². The third-order valence-electron chi connectivity index (χ3n) is 2.55. The number of sulfonamides is 1. The Morgan fingerprint density at radius 2 is 2.14 bits per heavy atom. The fourth-order valence-corrected chi connectivity index (χ4v) is 3.50. The molecule has 0 spiro atoms. The largest absolute Gasteiger partial charge is 0.478 e. The van der Waals surface area contributed by atoms with Gasteiger partial charge in [0.25, 0.3) is 0 Å². The summed E-state index contributed by atoms with van der Waals surface area (Å²) in [4.78, 5) is 10.9. The molecule has 0 bridgehead atoms. The fourth-order valence-electron chi connectivity index (χ4n) is 1.53. The zero-order chi connectivity index (χ0) is 16.2. The molecule has 0 aliphatic rings. The van der Waals surface area contributed by atoms with Gasteiger partial charge in [-0.15, -0.1) is 0 Å². The van der Waals surface area contributed by atoms with Gasteiger partial charge >= 0.3 is 5.97 Å². The van der Waals surface area contributed by atoms with Gasteiger partial charge in [-0.25, -0.2) is 17.9 Å². The van der Waals surface area contributed by atoms with E-state index in [0.29, 0.717) is 6.61 Å². The van der Waals surface area contributed by atoms with E-state index in [4.69, 9.17) is 21.4 Å². The first kappa shape index (κ1) is 18.4. The van der Waals surface area contributed by atoms with E-state index in [1.807, 2.05) is 0 Å². The van der Waals surface area contributed by atoms with Gasteiger partial charge in [-0.1, -0.05) is 11.6 Å². The maximum Gasteiger partial charge on any atom is 0.337 e. The Kier molecular flexibility index (Phi) is 6.61. The van der Waals surface area contributed by atoms with Gasteiger partial charge in [-0.05, 0) is 41.9 Å². The zero-order valence-corrected chi connectivity index (χ0v) is 14.5. The predicted octanol–water partition coefficient (Wildman–Crippen LogP) is 2.50. The normalized spacial score (nSPS) is 13.1. The monoisotopic (exact) mass is 399 g/mol. The van der Waals surface area contributed by atoms with Crippen molar-refractivity contribution in [2.45, 2.75) is 24.8 Å². The molecule has 1 rings (SSSR count). The second-order valence-electron chi connectivity index (χ2n) is 4.19. The molecule has 2 N–H and O–H groups in total. The maximum atomic E-state index is 12.2. The number of hydrogen-bond donors (Lipinski definition) is 2. The Morgan fingerprint density at radius 3 is 2.67 bits per heavy atom. The Morgan fingerprint density at radius 1 is 1.52 bits per heavy atom. The van der Waals surface area contributed by atoms with E-state index in [2.05, 4.69) is 20.7 Å². The smallest absolute Gasteiger partial charge is 0.337 e. The number of aromatic carboxylic acids is 1. The lowest BCUT2D eigenvalue weighted by atomic mass is 10.2. The second-order valence-corrected chi connectivity index (χ2v) is 7.19. The molecule has 0 amide bonds. The molecule has 9 heteroatoms. The van der Waals surface area contributed by atoms with Crippen LogP contribution in [0.1, 0.15) is 24.2 Å². The number of carboxylic acids is 1. The van der Waals surface area contributed by atoms with Crippen LogP contribution in [0.2, 0.25) is 5.02 Å². The van der Waals surface area contributed by atoms with E-state index in [9.17, 15) is 13.2 Å². The molecule has 1 aromatic rings. The minimum atomic E-state index is -3.85. The average Bonchev–Trinajstić information content (AvgIpc) is 2.39. The summed E-state index contributed by atoms with van der Waals surface area (Å²) in [6, 6.07) is 2.27. The summed E-state index contributed by atoms with van der Waals surface area (Å²) in [5.74, 6) is -1.31. The highest BCUT2D eigenvalue weighted by Crippen LogP contribution is 2.29. The standard InChI is InChI=1S/C12H15BrClNO5S/c1-3-20-7(2)6-15-21(18,19)8-4-9(12(16)17)11(14)10(13)5-8/h4-5,7,15H,3,6H2,1-2H3,(H,16,17). The molecule has 21 heavy (non-hydrogen) atoms. The molecule has 6 nitrogen and oxygen atoms in total. The number of benzene rings is 1. The average molecular weight is 401 g/mol. The van der Waals surface area contributed by atoms with E-state index in [0.717, 1.165) is 6.07 Å². The minimum Gasteiger partial charge on any atom is -0.478 e. The Labute approximate surface area is 136 Å². The molecule has 0 saturated heterocycles. The molecule has 118 valence electrons. The number of carbonyl (C=O) groups is 1. The van der Waals surface area contributed by atoms with E-state index < -0.39 is 16.0 Å². The van der Waals surface area contributed by atoms with Gasteiger partial charge < -0.3 is 9.84 Å². The van der Waals surface area contributed by atoms with E-state index in [1.54, 1.807) is 13.8 Å². The molecule has 0 saturated carbocycles. The van der Waals surface area contributed by atoms with Crippen molar-refractivity contribution in [2.24, 2.45) is 0 Å². The number of halogens is 2. The van der Waals surface area contributed by atoms with Crippen LogP contribution < -0.4 is 4.72 Å². The summed E-state index contributed by atoms with van der Waals surface area (Å²) in [7, 11) is -3.85. The second kappa shape index (κ2) is 7.55. The summed E-state index contributed by atoms with van der Waals surface area (Å²) < 4.78 is 32.1. The predicted molar refractivity (Wildman–Crippen MR) is 82.4 cm³/mol. The van der Waals surface area contributed by atoms with Crippen molar-refractivity contribution in [3.05, 3.63) is 27.2 Å². The fraction of sp³-hybridized carbons (Fsp3) is 0.417. The molecule has 0 aliphatic heterocycles. The Hall–Kier alpha value is -0.670. The highest BCUT2D eigenvalue weighted by molar-refractivity contribution is 9.10. The van der Waals surface area contributed by atoms with E-state index >= 15 is 0 Å². The first-order valence-corrected chi connectivity index (χ1v) is 8.68. The van der Waals surface area contributed by atoms with Crippen LogP contribution in [0.25, 0.3) is 0 Å². The highest BCUT2D eigenvalue weighted by Gasteiger charge is 2.21. The van der Waals surface area contributed by atoms with Gasteiger partial charge in [0.2, 0.25) is 10.0 Å². The lowest BCUT2D eigenvalue weighted by Gasteiger charge is -2.14. The van der Waals surface area contributed by atoms with Crippen LogP contribution in [-0.2, 0) is 14.8 Å². The maximum absolute atomic E-state index is 12.2. The molecule has 1 atom stereocenters. The summed E-state index contributed by atoms with van der Waals surface area (Å²) >= 11 is 8.87. The molecular formula is C12H15BrClNO5S. The minimum absolute atomic E-state index is 0.0517. The zero-order valence-electron chi connectivity index (χ0n) is 11.4. The van der Waals surface area contributed by atoms with Crippen molar-refractivity contribution >= 4 is 43.5 Å². The molecule has 0 radical (unpaired) electrons.